The van der Waals surface area contributed by atoms with Crippen LogP contribution >= 0.6 is 22.9 Å². The van der Waals surface area contributed by atoms with Crippen LogP contribution in [-0.4, -0.2) is 25.2 Å². The van der Waals surface area contributed by atoms with Crippen molar-refractivity contribution in [1.29, 1.82) is 0 Å². The SMILES string of the molecule is O=C(NCCCOC1CCCC1)c1sccc1Cl. The predicted octanol–water partition coefficient (Wildman–Crippen LogP) is 3.48. The van der Waals surface area contributed by atoms with Crippen LogP contribution in [0.2, 0.25) is 5.02 Å². The zero-order valence-electron chi connectivity index (χ0n) is 10.3. The van der Waals surface area contributed by atoms with Gasteiger partial charge in [0.1, 0.15) is 4.88 Å². The third-order valence-electron chi connectivity index (χ3n) is 3.09. The van der Waals surface area contributed by atoms with Crippen molar-refractivity contribution >= 4 is 28.8 Å². The Labute approximate surface area is 116 Å². The Morgan fingerprint density at radius 3 is 2.94 bits per heavy atom. The van der Waals surface area contributed by atoms with Gasteiger partial charge in [0.25, 0.3) is 5.91 Å². The average molecular weight is 288 g/mol. The number of ether oxygens (including phenoxy) is 1. The molecule has 0 aromatic carbocycles. The van der Waals surface area contributed by atoms with Crippen LogP contribution in [-0.2, 0) is 4.74 Å². The normalized spacial score (nSPS) is 16.1. The van der Waals surface area contributed by atoms with Gasteiger partial charge in [0.05, 0.1) is 11.1 Å². The average Bonchev–Trinajstić information content (AvgIpc) is 2.99. The van der Waals surface area contributed by atoms with E-state index < -0.39 is 0 Å². The van der Waals surface area contributed by atoms with E-state index in [-0.39, 0.29) is 5.91 Å². The van der Waals surface area contributed by atoms with Crippen LogP contribution < -0.4 is 5.32 Å². The van der Waals surface area contributed by atoms with Crippen molar-refractivity contribution in [1.82, 2.24) is 5.32 Å². The summed E-state index contributed by atoms with van der Waals surface area (Å²) in [6.45, 7) is 1.36. The van der Waals surface area contributed by atoms with Gasteiger partial charge in [-0.1, -0.05) is 24.4 Å². The van der Waals surface area contributed by atoms with Crippen molar-refractivity contribution in [2.75, 3.05) is 13.2 Å². The molecule has 2 rings (SSSR count). The maximum absolute atomic E-state index is 11.7. The minimum Gasteiger partial charge on any atom is -0.378 e. The summed E-state index contributed by atoms with van der Waals surface area (Å²) in [5.74, 6) is -0.0872. The number of rotatable bonds is 6. The predicted molar refractivity (Wildman–Crippen MR) is 74.5 cm³/mol. The highest BCUT2D eigenvalue weighted by Crippen LogP contribution is 2.22. The molecule has 0 bridgehead atoms. The molecular weight excluding hydrogens is 270 g/mol. The summed E-state index contributed by atoms with van der Waals surface area (Å²) in [6.07, 6.45) is 6.27. The molecule has 0 unspecified atom stereocenters. The van der Waals surface area contributed by atoms with E-state index in [1.165, 1.54) is 37.0 Å². The zero-order valence-corrected chi connectivity index (χ0v) is 11.9. The first kappa shape index (κ1) is 13.8. The van der Waals surface area contributed by atoms with Gasteiger partial charge in [0, 0.05) is 13.2 Å². The van der Waals surface area contributed by atoms with Crippen LogP contribution in [0.3, 0.4) is 0 Å². The molecule has 1 amide bonds. The number of halogens is 1. The number of carbonyl (C=O) groups excluding carboxylic acids is 1. The van der Waals surface area contributed by atoms with Gasteiger partial charge in [0.15, 0.2) is 0 Å². The number of amides is 1. The second kappa shape index (κ2) is 7.12. The van der Waals surface area contributed by atoms with Crippen molar-refractivity contribution in [2.45, 2.75) is 38.2 Å². The van der Waals surface area contributed by atoms with Crippen LogP contribution in [0.4, 0.5) is 0 Å². The number of thiophene rings is 1. The smallest absolute Gasteiger partial charge is 0.262 e. The molecule has 1 saturated carbocycles. The quantitative estimate of drug-likeness (QED) is 0.814. The summed E-state index contributed by atoms with van der Waals surface area (Å²) in [7, 11) is 0. The second-order valence-corrected chi connectivity index (χ2v) is 5.81. The molecule has 1 N–H and O–H groups in total. The van der Waals surface area contributed by atoms with Crippen LogP contribution in [0.15, 0.2) is 11.4 Å². The molecule has 1 aromatic rings. The number of carbonyl (C=O) groups is 1. The molecular formula is C13H18ClNO2S. The number of nitrogens with one attached hydrogen (secondary N) is 1. The molecule has 0 atom stereocenters. The molecule has 0 spiro atoms. The Balaban J connectivity index is 1.58. The lowest BCUT2D eigenvalue weighted by Crippen LogP contribution is -2.25. The molecule has 3 nitrogen and oxygen atoms in total. The molecule has 1 heterocycles. The largest absolute Gasteiger partial charge is 0.378 e. The van der Waals surface area contributed by atoms with Crippen molar-refractivity contribution in [3.05, 3.63) is 21.3 Å². The fourth-order valence-electron chi connectivity index (χ4n) is 2.12. The van der Waals surface area contributed by atoms with Gasteiger partial charge in [-0.2, -0.15) is 0 Å². The van der Waals surface area contributed by atoms with Gasteiger partial charge < -0.3 is 10.1 Å². The van der Waals surface area contributed by atoms with E-state index in [0.717, 1.165) is 13.0 Å². The van der Waals surface area contributed by atoms with Crippen molar-refractivity contribution < 1.29 is 9.53 Å². The van der Waals surface area contributed by atoms with E-state index in [1.54, 1.807) is 6.07 Å². The summed E-state index contributed by atoms with van der Waals surface area (Å²) < 4.78 is 5.72. The molecule has 1 aliphatic carbocycles. The molecule has 18 heavy (non-hydrogen) atoms. The maximum Gasteiger partial charge on any atom is 0.262 e. The Hall–Kier alpha value is -0.580. The fraction of sp³-hybridized carbons (Fsp3) is 0.615. The molecule has 0 saturated heterocycles. The summed E-state index contributed by atoms with van der Waals surface area (Å²) in [4.78, 5) is 12.3. The van der Waals surface area contributed by atoms with Crippen molar-refractivity contribution in [2.24, 2.45) is 0 Å². The van der Waals surface area contributed by atoms with Crippen LogP contribution in [0.25, 0.3) is 0 Å². The van der Waals surface area contributed by atoms with Gasteiger partial charge in [-0.05, 0) is 30.7 Å². The fourth-order valence-corrected chi connectivity index (χ4v) is 3.17. The number of hydrogen-bond donors (Lipinski definition) is 1. The first-order valence-electron chi connectivity index (χ1n) is 6.40. The Bertz CT molecular complexity index is 388. The van der Waals surface area contributed by atoms with E-state index >= 15 is 0 Å². The van der Waals surface area contributed by atoms with Crippen molar-refractivity contribution in [3.8, 4) is 0 Å². The molecule has 1 fully saturated rings. The molecule has 0 aliphatic heterocycles. The topological polar surface area (TPSA) is 38.3 Å². The summed E-state index contributed by atoms with van der Waals surface area (Å²) in [6, 6.07) is 1.74. The van der Waals surface area contributed by atoms with Crippen LogP contribution in [0.1, 0.15) is 41.8 Å². The highest BCUT2D eigenvalue weighted by Gasteiger charge is 2.15. The van der Waals surface area contributed by atoms with Gasteiger partial charge in [-0.3, -0.25) is 4.79 Å². The highest BCUT2D eigenvalue weighted by molar-refractivity contribution is 7.12. The monoisotopic (exact) mass is 287 g/mol. The minimum absolute atomic E-state index is 0.0872. The van der Waals surface area contributed by atoms with E-state index in [2.05, 4.69) is 5.32 Å². The standard InChI is InChI=1S/C13H18ClNO2S/c14-11-6-9-18-12(11)13(16)15-7-3-8-17-10-4-1-2-5-10/h6,9-10H,1-5,7-8H2,(H,15,16). The van der Waals surface area contributed by atoms with Gasteiger partial charge in [0.2, 0.25) is 0 Å². The van der Waals surface area contributed by atoms with E-state index in [0.29, 0.717) is 22.5 Å². The number of hydrogen-bond acceptors (Lipinski definition) is 3. The Morgan fingerprint density at radius 2 is 2.28 bits per heavy atom. The minimum atomic E-state index is -0.0872. The van der Waals surface area contributed by atoms with Crippen LogP contribution in [0.5, 0.6) is 0 Å². The Kier molecular flexibility index (Phi) is 5.47. The van der Waals surface area contributed by atoms with E-state index in [9.17, 15) is 4.79 Å². The molecule has 100 valence electrons. The van der Waals surface area contributed by atoms with Gasteiger partial charge in [-0.25, -0.2) is 0 Å². The first-order valence-corrected chi connectivity index (χ1v) is 7.66. The third-order valence-corrected chi connectivity index (χ3v) is 4.43. The summed E-state index contributed by atoms with van der Waals surface area (Å²) >= 11 is 7.25. The van der Waals surface area contributed by atoms with E-state index in [1.807, 2.05) is 5.38 Å². The maximum atomic E-state index is 11.7. The van der Waals surface area contributed by atoms with Crippen molar-refractivity contribution in [3.63, 3.8) is 0 Å². The molecule has 1 aliphatic rings. The Morgan fingerprint density at radius 1 is 1.50 bits per heavy atom. The highest BCUT2D eigenvalue weighted by atomic mass is 35.5. The van der Waals surface area contributed by atoms with Gasteiger partial charge in [-0.15, -0.1) is 11.3 Å². The molecule has 0 radical (unpaired) electrons. The lowest BCUT2D eigenvalue weighted by Gasteiger charge is -2.10. The zero-order chi connectivity index (χ0) is 12.8. The summed E-state index contributed by atoms with van der Waals surface area (Å²) in [5, 5.41) is 5.21. The van der Waals surface area contributed by atoms with Gasteiger partial charge >= 0.3 is 0 Å². The summed E-state index contributed by atoms with van der Waals surface area (Å²) in [5.41, 5.74) is 0. The van der Waals surface area contributed by atoms with Crippen LogP contribution in [0, 0.1) is 0 Å². The first-order chi connectivity index (χ1) is 8.77. The third kappa shape index (κ3) is 3.97. The molecule has 1 aromatic heterocycles. The second-order valence-electron chi connectivity index (χ2n) is 4.48. The lowest BCUT2D eigenvalue weighted by atomic mass is 10.3. The lowest BCUT2D eigenvalue weighted by molar-refractivity contribution is 0.0565. The van der Waals surface area contributed by atoms with E-state index in [4.69, 9.17) is 16.3 Å². The molecule has 5 heteroatoms.